The molecule has 0 atom stereocenters. The molecule has 0 unspecified atom stereocenters. The van der Waals surface area contributed by atoms with Crippen molar-refractivity contribution in [3.63, 3.8) is 0 Å². The number of unbranched alkanes of at least 4 members (excludes halogenated alkanes) is 2. The van der Waals surface area contributed by atoms with Crippen molar-refractivity contribution in [3.05, 3.63) is 35.6 Å². The quantitative estimate of drug-likeness (QED) is 0.324. The van der Waals surface area contributed by atoms with Gasteiger partial charge in [0, 0.05) is 0 Å². The van der Waals surface area contributed by atoms with Crippen LogP contribution in [0.5, 0.6) is 0 Å². The molecule has 0 fully saturated rings. The molecule has 0 amide bonds. The molecule has 0 radical (unpaired) electrons. The summed E-state index contributed by atoms with van der Waals surface area (Å²) in [6.45, 7) is 7.40. The van der Waals surface area contributed by atoms with Crippen molar-refractivity contribution in [3.8, 4) is 0 Å². The zero-order chi connectivity index (χ0) is 17.1. The molecule has 1 aromatic carbocycles. The Morgan fingerprint density at radius 1 is 1.00 bits per heavy atom. The van der Waals surface area contributed by atoms with Gasteiger partial charge in [-0.1, -0.05) is 25.0 Å². The van der Waals surface area contributed by atoms with Crippen LogP contribution in [-0.4, -0.2) is 28.4 Å². The van der Waals surface area contributed by atoms with Crippen molar-refractivity contribution in [2.45, 2.75) is 78.1 Å². The van der Waals surface area contributed by atoms with Crippen LogP contribution in [0.2, 0.25) is 6.04 Å². The van der Waals surface area contributed by atoms with E-state index in [2.05, 4.69) is 0 Å². The lowest BCUT2D eigenvalue weighted by atomic mass is 10.1. The molecule has 1 aromatic rings. The summed E-state index contributed by atoms with van der Waals surface area (Å²) in [5, 5.41) is 0. The van der Waals surface area contributed by atoms with E-state index in [1.54, 1.807) is 12.1 Å². The van der Waals surface area contributed by atoms with E-state index in [0.29, 0.717) is 0 Å². The predicted molar refractivity (Wildman–Crippen MR) is 94.6 cm³/mol. The molecule has 1 rings (SSSR count). The molecule has 0 heterocycles. The lowest BCUT2D eigenvalue weighted by molar-refractivity contribution is -0.275. The molecule has 3 nitrogen and oxygen atoms in total. The number of benzene rings is 1. The topological polar surface area (TPSA) is 27.7 Å². The maximum atomic E-state index is 13.1. The molecule has 0 spiro atoms. The monoisotopic (exact) mass is 342 g/mol. The minimum atomic E-state index is -0.629. The largest absolute Gasteiger partial charge is 0.379 e. The van der Waals surface area contributed by atoms with Gasteiger partial charge in [0.25, 0.3) is 6.48 Å². The summed E-state index contributed by atoms with van der Waals surface area (Å²) in [6.07, 6.45) is 4.52. The second-order valence-corrected chi connectivity index (χ2v) is 7.77. The first-order chi connectivity index (χ1) is 11.0. The van der Waals surface area contributed by atoms with E-state index in [0.717, 1.165) is 37.3 Å². The van der Waals surface area contributed by atoms with Crippen molar-refractivity contribution in [2.75, 3.05) is 0 Å². The molecule has 0 aliphatic rings. The van der Waals surface area contributed by atoms with Gasteiger partial charge in [-0.25, -0.2) is 4.39 Å². The van der Waals surface area contributed by atoms with Crippen LogP contribution in [0.4, 0.5) is 4.39 Å². The summed E-state index contributed by atoms with van der Waals surface area (Å²) < 4.78 is 30.1. The minimum absolute atomic E-state index is 0.0963. The first-order valence-corrected chi connectivity index (χ1v) is 10.2. The lowest BCUT2D eigenvalue weighted by Crippen LogP contribution is -2.28. The Hall–Kier alpha value is -0.753. The maximum Gasteiger partial charge on any atom is 0.262 e. The zero-order valence-corrected chi connectivity index (χ0v) is 16.3. The van der Waals surface area contributed by atoms with E-state index >= 15 is 0 Å². The highest BCUT2D eigenvalue weighted by molar-refractivity contribution is 6.27. The highest BCUT2D eigenvalue weighted by atomic mass is 28.2. The van der Waals surface area contributed by atoms with Crippen molar-refractivity contribution in [2.24, 2.45) is 0 Å². The minimum Gasteiger partial charge on any atom is -0.379 e. The first-order valence-electron chi connectivity index (χ1n) is 8.64. The average Bonchev–Trinajstić information content (AvgIpc) is 2.45. The first kappa shape index (κ1) is 20.3. The van der Waals surface area contributed by atoms with Crippen LogP contribution in [0.3, 0.4) is 0 Å². The highest BCUT2D eigenvalue weighted by Crippen LogP contribution is 2.11. The molecule has 0 aromatic heterocycles. The number of ether oxygens (including phenoxy) is 2. The summed E-state index contributed by atoms with van der Waals surface area (Å²) in [5.41, 5.74) is 1.08. The average molecular weight is 343 g/mol. The fourth-order valence-corrected chi connectivity index (χ4v) is 3.29. The third kappa shape index (κ3) is 10.6. The van der Waals surface area contributed by atoms with Crippen LogP contribution in [-0.2, 0) is 20.3 Å². The van der Waals surface area contributed by atoms with Gasteiger partial charge in [-0.2, -0.15) is 0 Å². The Bertz CT molecular complexity index is 416. The van der Waals surface area contributed by atoms with Crippen molar-refractivity contribution >= 4 is 9.76 Å². The molecule has 0 aliphatic carbocycles. The smallest absolute Gasteiger partial charge is 0.262 e. The van der Waals surface area contributed by atoms with Gasteiger partial charge in [0.15, 0.2) is 9.76 Å². The number of halogens is 1. The Labute approximate surface area is 142 Å². The number of aryl methyl sites for hydroxylation is 1. The van der Waals surface area contributed by atoms with Crippen LogP contribution in [0.1, 0.15) is 52.5 Å². The van der Waals surface area contributed by atoms with Crippen LogP contribution in [0.25, 0.3) is 0 Å². The van der Waals surface area contributed by atoms with E-state index < -0.39 is 16.2 Å². The van der Waals surface area contributed by atoms with E-state index in [1.165, 1.54) is 6.07 Å². The Balaban J connectivity index is 2.09. The predicted octanol–water partition coefficient (Wildman–Crippen LogP) is 4.19. The zero-order valence-electron chi connectivity index (χ0n) is 14.9. The van der Waals surface area contributed by atoms with E-state index in [1.807, 2.05) is 33.8 Å². The third-order valence-electron chi connectivity index (χ3n) is 3.27. The Morgan fingerprint density at radius 2 is 1.70 bits per heavy atom. The highest BCUT2D eigenvalue weighted by Gasteiger charge is 2.13. The molecule has 0 bridgehead atoms. The second kappa shape index (κ2) is 11.7. The van der Waals surface area contributed by atoms with Crippen molar-refractivity contribution < 1.29 is 18.3 Å². The van der Waals surface area contributed by atoms with Crippen LogP contribution in [0, 0.1) is 5.82 Å². The van der Waals surface area contributed by atoms with E-state index in [9.17, 15) is 4.39 Å². The van der Waals surface area contributed by atoms with Gasteiger partial charge in [-0.05, 0) is 64.3 Å². The van der Waals surface area contributed by atoms with Crippen molar-refractivity contribution in [1.29, 1.82) is 0 Å². The number of rotatable bonds is 12. The number of hydrogen-bond donors (Lipinski definition) is 0. The molecular formula is C18H31FO3Si. The van der Waals surface area contributed by atoms with Gasteiger partial charge in [-0.15, -0.1) is 0 Å². The molecular weight excluding hydrogens is 311 g/mol. The summed E-state index contributed by atoms with van der Waals surface area (Å²) >= 11 is 0. The van der Waals surface area contributed by atoms with E-state index in [-0.39, 0.29) is 18.0 Å². The fourth-order valence-electron chi connectivity index (χ4n) is 2.21. The van der Waals surface area contributed by atoms with Gasteiger partial charge in [0.1, 0.15) is 5.82 Å². The Morgan fingerprint density at radius 3 is 2.30 bits per heavy atom. The molecule has 5 heteroatoms. The summed E-state index contributed by atoms with van der Waals surface area (Å²) in [5.74, 6) is -0.148. The Kier molecular flexibility index (Phi) is 10.4. The SMILES string of the molecule is CC(C)OC(O[SiH2]CCCCCc1cccc(F)c1)OC(C)C. The molecule has 0 N–H and O–H groups in total. The van der Waals surface area contributed by atoms with Gasteiger partial charge in [-0.3, -0.25) is 0 Å². The van der Waals surface area contributed by atoms with Crippen LogP contribution < -0.4 is 0 Å². The summed E-state index contributed by atoms with van der Waals surface area (Å²) in [7, 11) is -0.629. The number of hydrogen-bond acceptors (Lipinski definition) is 3. The van der Waals surface area contributed by atoms with Gasteiger partial charge in [0.05, 0.1) is 12.2 Å². The molecule has 23 heavy (non-hydrogen) atoms. The fraction of sp³-hybridized carbons (Fsp3) is 0.667. The third-order valence-corrected chi connectivity index (χ3v) is 4.57. The van der Waals surface area contributed by atoms with Gasteiger partial charge in [0.2, 0.25) is 0 Å². The summed E-state index contributed by atoms with van der Waals surface area (Å²) in [4.78, 5) is 0. The normalized spacial score (nSPS) is 12.3. The maximum absolute atomic E-state index is 13.1. The van der Waals surface area contributed by atoms with Gasteiger partial charge >= 0.3 is 0 Å². The van der Waals surface area contributed by atoms with E-state index in [4.69, 9.17) is 13.9 Å². The van der Waals surface area contributed by atoms with Crippen molar-refractivity contribution in [1.82, 2.24) is 0 Å². The second-order valence-electron chi connectivity index (χ2n) is 6.32. The van der Waals surface area contributed by atoms with Crippen LogP contribution >= 0.6 is 0 Å². The lowest BCUT2D eigenvalue weighted by Gasteiger charge is -2.23. The molecule has 132 valence electrons. The van der Waals surface area contributed by atoms with Crippen LogP contribution in [0.15, 0.2) is 24.3 Å². The standard InChI is InChI=1S/C18H31FO3Si/c1-14(2)20-18(21-15(3)4)22-23-12-7-5-6-9-16-10-8-11-17(19)13-16/h8,10-11,13-15,18H,5-7,9,12,23H2,1-4H3. The molecule has 0 aliphatic heterocycles. The summed E-state index contributed by atoms with van der Waals surface area (Å²) in [6, 6.07) is 7.98. The molecule has 0 saturated heterocycles. The van der Waals surface area contributed by atoms with Gasteiger partial charge < -0.3 is 13.9 Å². The molecule has 0 saturated carbocycles.